The van der Waals surface area contributed by atoms with Gasteiger partial charge in [0.25, 0.3) is 0 Å². The van der Waals surface area contributed by atoms with Crippen LogP contribution in [-0.2, 0) is 16.2 Å². The summed E-state index contributed by atoms with van der Waals surface area (Å²) in [5.41, 5.74) is -2.76. The highest BCUT2D eigenvalue weighted by Crippen LogP contribution is 2.26. The number of hydrogen-bond donors (Lipinski definition) is 2. The standard InChI is InChI=1S/C7H7F3N2O3S/c1-16(14,15)12-4-3-11-6(2-5(4)13)7(8,9)10/h2-3,12H,1H3,(H,11,13). The maximum absolute atomic E-state index is 12.1. The summed E-state index contributed by atoms with van der Waals surface area (Å²) >= 11 is 0. The third kappa shape index (κ3) is 3.26. The minimum absolute atomic E-state index is 0.285. The average molecular weight is 256 g/mol. The van der Waals surface area contributed by atoms with Gasteiger partial charge in [0.2, 0.25) is 15.5 Å². The highest BCUT2D eigenvalue weighted by molar-refractivity contribution is 7.92. The van der Waals surface area contributed by atoms with Crippen LogP contribution in [0.1, 0.15) is 5.69 Å². The van der Waals surface area contributed by atoms with Gasteiger partial charge in [0, 0.05) is 12.3 Å². The molecule has 0 aromatic carbocycles. The summed E-state index contributed by atoms with van der Waals surface area (Å²) in [5.74, 6) is 0. The van der Waals surface area contributed by atoms with Crippen molar-refractivity contribution in [2.75, 3.05) is 11.0 Å². The second-order valence-corrected chi connectivity index (χ2v) is 4.75. The molecule has 0 aliphatic heterocycles. The summed E-state index contributed by atoms with van der Waals surface area (Å²) < 4.78 is 59.7. The quantitative estimate of drug-likeness (QED) is 0.820. The molecule has 9 heteroatoms. The fourth-order valence-corrected chi connectivity index (χ4v) is 1.47. The Labute approximate surface area is 88.3 Å². The molecule has 0 unspecified atom stereocenters. The lowest BCUT2D eigenvalue weighted by molar-refractivity contribution is -0.141. The summed E-state index contributed by atoms with van der Waals surface area (Å²) in [4.78, 5) is 12.9. The molecule has 2 N–H and O–H groups in total. The number of pyridine rings is 1. The van der Waals surface area contributed by atoms with E-state index >= 15 is 0 Å². The molecule has 0 fully saturated rings. The van der Waals surface area contributed by atoms with Crippen LogP contribution in [0.4, 0.5) is 18.9 Å². The Morgan fingerprint density at radius 3 is 2.31 bits per heavy atom. The molecule has 5 nitrogen and oxygen atoms in total. The van der Waals surface area contributed by atoms with Crippen LogP contribution in [-0.4, -0.2) is 19.7 Å². The second-order valence-electron chi connectivity index (χ2n) is 3.00. The molecular formula is C7H7F3N2O3S. The molecule has 0 aliphatic carbocycles. The number of nitrogens with one attached hydrogen (secondary N) is 2. The lowest BCUT2D eigenvalue weighted by Crippen LogP contribution is -2.19. The van der Waals surface area contributed by atoms with E-state index in [0.29, 0.717) is 6.20 Å². The molecule has 0 spiro atoms. The van der Waals surface area contributed by atoms with Gasteiger partial charge in [-0.2, -0.15) is 13.2 Å². The van der Waals surface area contributed by atoms with E-state index in [1.807, 2.05) is 0 Å². The van der Waals surface area contributed by atoms with Crippen LogP contribution < -0.4 is 10.2 Å². The third-order valence-corrected chi connectivity index (χ3v) is 2.10. The number of sulfonamides is 1. The molecule has 1 heterocycles. The SMILES string of the molecule is CS(=O)(=O)Nc1c[nH]c(C(F)(F)F)cc1=O. The van der Waals surface area contributed by atoms with E-state index in [2.05, 4.69) is 0 Å². The number of H-pyrrole nitrogens is 1. The van der Waals surface area contributed by atoms with Crippen LogP contribution in [0.25, 0.3) is 0 Å². The number of rotatable bonds is 2. The molecule has 0 atom stereocenters. The minimum atomic E-state index is -4.68. The number of aromatic amines is 1. The number of aromatic nitrogens is 1. The zero-order valence-electron chi connectivity index (χ0n) is 7.92. The Hall–Kier alpha value is -1.51. The second kappa shape index (κ2) is 3.81. The van der Waals surface area contributed by atoms with E-state index < -0.39 is 33.0 Å². The van der Waals surface area contributed by atoms with Crippen molar-refractivity contribution >= 4 is 15.7 Å². The molecule has 16 heavy (non-hydrogen) atoms. The highest BCUT2D eigenvalue weighted by atomic mass is 32.2. The van der Waals surface area contributed by atoms with E-state index in [4.69, 9.17) is 0 Å². The van der Waals surface area contributed by atoms with Gasteiger partial charge in [-0.25, -0.2) is 8.42 Å². The summed E-state index contributed by atoms with van der Waals surface area (Å²) in [7, 11) is -3.70. The predicted molar refractivity (Wildman–Crippen MR) is 50.5 cm³/mol. The van der Waals surface area contributed by atoms with Gasteiger partial charge >= 0.3 is 6.18 Å². The highest BCUT2D eigenvalue weighted by Gasteiger charge is 2.32. The Bertz CT molecular complexity index is 547. The van der Waals surface area contributed by atoms with E-state index in [1.165, 1.54) is 0 Å². The average Bonchev–Trinajstić information content (AvgIpc) is 2.04. The van der Waals surface area contributed by atoms with Crippen molar-refractivity contribution in [2.24, 2.45) is 0 Å². The molecule has 1 aromatic heterocycles. The monoisotopic (exact) mass is 256 g/mol. The summed E-state index contributed by atoms with van der Waals surface area (Å²) in [6.45, 7) is 0. The van der Waals surface area contributed by atoms with Crippen LogP contribution in [0.3, 0.4) is 0 Å². The van der Waals surface area contributed by atoms with Gasteiger partial charge in [-0.1, -0.05) is 0 Å². The zero-order chi connectivity index (χ0) is 12.6. The molecule has 0 amide bonds. The Kier molecular flexibility index (Phi) is 2.99. The molecular weight excluding hydrogens is 249 g/mol. The summed E-state index contributed by atoms with van der Waals surface area (Å²) in [5, 5.41) is 0. The van der Waals surface area contributed by atoms with Crippen LogP contribution in [0, 0.1) is 0 Å². The smallest absolute Gasteiger partial charge is 0.356 e. The first-order valence-electron chi connectivity index (χ1n) is 3.87. The van der Waals surface area contributed by atoms with Gasteiger partial charge in [-0.3, -0.25) is 9.52 Å². The molecule has 0 bridgehead atoms. The third-order valence-electron chi connectivity index (χ3n) is 1.51. The van der Waals surface area contributed by atoms with Crippen molar-refractivity contribution in [1.29, 1.82) is 0 Å². The Morgan fingerprint density at radius 2 is 1.94 bits per heavy atom. The van der Waals surface area contributed by atoms with E-state index in [0.717, 1.165) is 6.26 Å². The minimum Gasteiger partial charge on any atom is -0.356 e. The largest absolute Gasteiger partial charge is 0.431 e. The van der Waals surface area contributed by atoms with Crippen molar-refractivity contribution in [3.8, 4) is 0 Å². The molecule has 90 valence electrons. The van der Waals surface area contributed by atoms with Crippen molar-refractivity contribution in [3.05, 3.63) is 28.2 Å². The van der Waals surface area contributed by atoms with E-state index in [-0.39, 0.29) is 6.07 Å². The van der Waals surface area contributed by atoms with Crippen molar-refractivity contribution in [2.45, 2.75) is 6.18 Å². The number of alkyl halides is 3. The molecule has 1 rings (SSSR count). The predicted octanol–water partition coefficient (Wildman–Crippen LogP) is 0.765. The lowest BCUT2D eigenvalue weighted by atomic mass is 10.3. The molecule has 0 aliphatic rings. The van der Waals surface area contributed by atoms with Crippen LogP contribution in [0.5, 0.6) is 0 Å². The van der Waals surface area contributed by atoms with Gasteiger partial charge in [0.1, 0.15) is 11.4 Å². The van der Waals surface area contributed by atoms with Crippen molar-refractivity contribution in [3.63, 3.8) is 0 Å². The summed E-state index contributed by atoms with van der Waals surface area (Å²) in [6, 6.07) is 0.285. The fourth-order valence-electron chi connectivity index (χ4n) is 0.915. The lowest BCUT2D eigenvalue weighted by Gasteiger charge is -2.07. The van der Waals surface area contributed by atoms with E-state index in [1.54, 1.807) is 9.71 Å². The van der Waals surface area contributed by atoms with Gasteiger partial charge in [0.15, 0.2) is 0 Å². The van der Waals surface area contributed by atoms with Crippen molar-refractivity contribution < 1.29 is 21.6 Å². The number of halogens is 3. The van der Waals surface area contributed by atoms with Gasteiger partial charge < -0.3 is 4.98 Å². The van der Waals surface area contributed by atoms with Gasteiger partial charge in [-0.15, -0.1) is 0 Å². The topological polar surface area (TPSA) is 79.0 Å². The first-order chi connectivity index (χ1) is 7.09. The molecule has 0 radical (unpaired) electrons. The van der Waals surface area contributed by atoms with Crippen LogP contribution in [0.15, 0.2) is 17.1 Å². The van der Waals surface area contributed by atoms with Crippen LogP contribution in [0.2, 0.25) is 0 Å². The first-order valence-corrected chi connectivity index (χ1v) is 5.76. The Morgan fingerprint density at radius 1 is 1.38 bits per heavy atom. The Balaban J connectivity index is 3.16. The zero-order valence-corrected chi connectivity index (χ0v) is 8.74. The fraction of sp³-hybridized carbons (Fsp3) is 0.286. The maximum Gasteiger partial charge on any atom is 0.431 e. The molecule has 1 aromatic rings. The summed E-state index contributed by atoms with van der Waals surface area (Å²) in [6.07, 6.45) is -3.24. The normalized spacial score (nSPS) is 12.5. The molecule has 0 saturated heterocycles. The van der Waals surface area contributed by atoms with Crippen LogP contribution >= 0.6 is 0 Å². The van der Waals surface area contributed by atoms with Crippen molar-refractivity contribution in [1.82, 2.24) is 4.98 Å². The number of hydrogen-bond acceptors (Lipinski definition) is 3. The van der Waals surface area contributed by atoms with Gasteiger partial charge in [0.05, 0.1) is 6.26 Å². The van der Waals surface area contributed by atoms with Gasteiger partial charge in [-0.05, 0) is 0 Å². The maximum atomic E-state index is 12.1. The molecule has 0 saturated carbocycles. The number of anilines is 1. The van der Waals surface area contributed by atoms with E-state index in [9.17, 15) is 26.4 Å². The first kappa shape index (κ1) is 12.6.